The topological polar surface area (TPSA) is 65.6 Å². The van der Waals surface area contributed by atoms with Crippen LogP contribution in [0.1, 0.15) is 67.2 Å². The van der Waals surface area contributed by atoms with Gasteiger partial charge in [-0.15, -0.1) is 0 Å². The molecule has 200 valence electrons. The molecule has 4 aromatic rings. The number of aryl methyl sites for hydroxylation is 1. The normalized spacial score (nSPS) is 15.5. The van der Waals surface area contributed by atoms with E-state index in [4.69, 9.17) is 9.73 Å². The van der Waals surface area contributed by atoms with Crippen LogP contribution in [-0.4, -0.2) is 22.2 Å². The summed E-state index contributed by atoms with van der Waals surface area (Å²) in [5, 5.41) is 0. The number of methoxy groups -OCH3 is 1. The van der Waals surface area contributed by atoms with E-state index in [0.717, 1.165) is 28.2 Å². The predicted octanol–water partition coefficient (Wildman–Crippen LogP) is 5.33. The number of esters is 1. The molecule has 2 aromatic carbocycles. The molecule has 0 unspecified atom stereocenters. The molecule has 0 N–H and O–H groups in total. The van der Waals surface area contributed by atoms with Gasteiger partial charge >= 0.3 is 5.97 Å². The summed E-state index contributed by atoms with van der Waals surface area (Å²) >= 11 is 1.35. The van der Waals surface area contributed by atoms with E-state index in [9.17, 15) is 9.59 Å². The Balaban J connectivity index is 1.67. The number of ether oxygens (including phenoxy) is 1. The maximum Gasteiger partial charge on any atom is 0.338 e. The molecular formula is C32H33N3O3S. The van der Waals surface area contributed by atoms with Crippen LogP contribution in [0.25, 0.3) is 11.8 Å². The van der Waals surface area contributed by atoms with Crippen molar-refractivity contribution in [3.05, 3.63) is 120 Å². The Morgan fingerprint density at radius 3 is 2.41 bits per heavy atom. The summed E-state index contributed by atoms with van der Waals surface area (Å²) in [5.41, 5.74) is 7.24. The van der Waals surface area contributed by atoms with E-state index in [0.29, 0.717) is 32.9 Å². The predicted molar refractivity (Wildman–Crippen MR) is 156 cm³/mol. The lowest BCUT2D eigenvalue weighted by atomic mass is 9.95. The zero-order valence-electron chi connectivity index (χ0n) is 23.2. The number of hydrogen-bond acceptors (Lipinski definition) is 5. The fourth-order valence-corrected chi connectivity index (χ4v) is 6.31. The second-order valence-electron chi connectivity index (χ2n) is 10.1. The first kappa shape index (κ1) is 26.6. The first-order chi connectivity index (χ1) is 18.7. The molecule has 1 aliphatic rings. The molecule has 0 saturated heterocycles. The average Bonchev–Trinajstić information content (AvgIpc) is 3.41. The van der Waals surface area contributed by atoms with E-state index in [-0.39, 0.29) is 5.56 Å². The molecule has 1 atom stereocenters. The molecule has 0 aliphatic carbocycles. The lowest BCUT2D eigenvalue weighted by Crippen LogP contribution is -2.40. The van der Waals surface area contributed by atoms with Crippen LogP contribution in [0.4, 0.5) is 0 Å². The first-order valence-corrected chi connectivity index (χ1v) is 14.0. The summed E-state index contributed by atoms with van der Waals surface area (Å²) in [7, 11) is 1.36. The Kier molecular flexibility index (Phi) is 7.28. The molecule has 0 spiro atoms. The van der Waals surface area contributed by atoms with Crippen LogP contribution < -0.4 is 14.9 Å². The van der Waals surface area contributed by atoms with Gasteiger partial charge in [0.2, 0.25) is 0 Å². The quantitative estimate of drug-likeness (QED) is 0.311. The van der Waals surface area contributed by atoms with Gasteiger partial charge in [0.05, 0.1) is 29.0 Å². The number of rotatable bonds is 6. The number of thiazole rings is 1. The Labute approximate surface area is 232 Å². The third-order valence-electron chi connectivity index (χ3n) is 7.34. The minimum absolute atomic E-state index is 0.171. The highest BCUT2D eigenvalue weighted by molar-refractivity contribution is 7.07. The van der Waals surface area contributed by atoms with Crippen molar-refractivity contribution >= 4 is 23.4 Å². The number of aromatic nitrogens is 2. The Hall–Kier alpha value is -3.97. The highest BCUT2D eigenvalue weighted by Crippen LogP contribution is 2.31. The molecule has 0 bridgehead atoms. The molecule has 39 heavy (non-hydrogen) atoms. The van der Waals surface area contributed by atoms with Gasteiger partial charge in [0.1, 0.15) is 0 Å². The van der Waals surface area contributed by atoms with Gasteiger partial charge in [-0.2, -0.15) is 0 Å². The van der Waals surface area contributed by atoms with Gasteiger partial charge in [-0.3, -0.25) is 9.36 Å². The molecular weight excluding hydrogens is 506 g/mol. The first-order valence-electron chi connectivity index (χ1n) is 13.2. The number of carbonyl (C=O) groups excluding carboxylic acids is 1. The average molecular weight is 540 g/mol. The lowest BCUT2D eigenvalue weighted by Gasteiger charge is -2.25. The van der Waals surface area contributed by atoms with Gasteiger partial charge in [0.25, 0.3) is 5.56 Å². The van der Waals surface area contributed by atoms with E-state index in [1.54, 1.807) is 4.57 Å². The maximum atomic E-state index is 13.9. The SMILES string of the molecule is CCC1=C(C(=O)OC)[C@@H](c2ccccc2)n2c(s/c(=C\c3cc(C)n(-c4ccc(C(C)C)cc4)c3C)c2=O)=N1. The fourth-order valence-electron chi connectivity index (χ4n) is 5.30. The monoisotopic (exact) mass is 539 g/mol. The molecule has 3 heterocycles. The fraction of sp³-hybridized carbons (Fsp3) is 0.281. The van der Waals surface area contributed by atoms with E-state index in [2.05, 4.69) is 62.6 Å². The van der Waals surface area contributed by atoms with E-state index < -0.39 is 12.0 Å². The molecule has 7 heteroatoms. The highest BCUT2D eigenvalue weighted by atomic mass is 32.1. The lowest BCUT2D eigenvalue weighted by molar-refractivity contribution is -0.136. The second-order valence-corrected chi connectivity index (χ2v) is 11.1. The second kappa shape index (κ2) is 10.7. The standard InChI is InChI=1S/C32H33N3O3S/c1-7-26-28(31(37)38-6)29(23-11-9-8-10-12-23)35-30(36)27(39-32(35)33-26)18-24-17-20(4)34(21(24)5)25-15-13-22(14-16-25)19(2)3/h8-19,29H,7H2,1-6H3/b27-18-/t29-/m1/s1. The van der Waals surface area contributed by atoms with Crippen molar-refractivity contribution < 1.29 is 9.53 Å². The number of benzene rings is 2. The van der Waals surface area contributed by atoms with E-state index in [1.807, 2.05) is 43.3 Å². The number of carbonyl (C=O) groups is 1. The molecule has 0 fully saturated rings. The molecule has 1 aliphatic heterocycles. The summed E-state index contributed by atoms with van der Waals surface area (Å²) in [5.74, 6) is 0.00550. The summed E-state index contributed by atoms with van der Waals surface area (Å²) < 4.78 is 9.57. The van der Waals surface area contributed by atoms with Gasteiger partial charge < -0.3 is 9.30 Å². The molecule has 2 aromatic heterocycles. The van der Waals surface area contributed by atoms with Crippen LogP contribution in [0.2, 0.25) is 0 Å². The minimum Gasteiger partial charge on any atom is -0.466 e. The summed E-state index contributed by atoms with van der Waals surface area (Å²) in [4.78, 5) is 32.2. The van der Waals surface area contributed by atoms with Gasteiger partial charge in [-0.05, 0) is 67.2 Å². The van der Waals surface area contributed by atoms with Crippen molar-refractivity contribution in [1.29, 1.82) is 0 Å². The largest absolute Gasteiger partial charge is 0.466 e. The van der Waals surface area contributed by atoms with Gasteiger partial charge in [-0.1, -0.05) is 74.6 Å². The number of hydrogen-bond donors (Lipinski definition) is 0. The van der Waals surface area contributed by atoms with Crippen molar-refractivity contribution in [3.8, 4) is 5.69 Å². The molecule has 0 saturated carbocycles. The third-order valence-corrected chi connectivity index (χ3v) is 8.32. The van der Waals surface area contributed by atoms with Gasteiger partial charge in [-0.25, -0.2) is 9.79 Å². The maximum absolute atomic E-state index is 13.9. The summed E-state index contributed by atoms with van der Waals surface area (Å²) in [6, 6.07) is 19.7. The van der Waals surface area contributed by atoms with Crippen molar-refractivity contribution in [3.63, 3.8) is 0 Å². The van der Waals surface area contributed by atoms with Gasteiger partial charge in [0.15, 0.2) is 4.80 Å². The Morgan fingerprint density at radius 2 is 1.79 bits per heavy atom. The zero-order chi connectivity index (χ0) is 27.8. The smallest absolute Gasteiger partial charge is 0.338 e. The highest BCUT2D eigenvalue weighted by Gasteiger charge is 2.33. The van der Waals surface area contributed by atoms with Gasteiger partial charge in [0, 0.05) is 17.1 Å². The molecule has 6 nitrogen and oxygen atoms in total. The zero-order valence-corrected chi connectivity index (χ0v) is 24.0. The van der Waals surface area contributed by atoms with Crippen LogP contribution in [-0.2, 0) is 9.53 Å². The van der Waals surface area contributed by atoms with Crippen molar-refractivity contribution in [2.45, 2.75) is 53.0 Å². The van der Waals surface area contributed by atoms with Crippen LogP contribution in [0, 0.1) is 13.8 Å². The van der Waals surface area contributed by atoms with E-state index in [1.165, 1.54) is 24.0 Å². The van der Waals surface area contributed by atoms with Crippen LogP contribution in [0.15, 0.2) is 81.7 Å². The minimum atomic E-state index is -0.598. The molecule has 5 rings (SSSR count). The van der Waals surface area contributed by atoms with Crippen LogP contribution in [0.3, 0.4) is 0 Å². The number of allylic oxidation sites excluding steroid dienone is 1. The number of fused-ring (bicyclic) bond motifs is 1. The van der Waals surface area contributed by atoms with Crippen LogP contribution >= 0.6 is 11.3 Å². The molecule has 0 amide bonds. The van der Waals surface area contributed by atoms with Crippen molar-refractivity contribution in [2.75, 3.05) is 7.11 Å². The number of nitrogens with zero attached hydrogens (tertiary/aromatic N) is 3. The van der Waals surface area contributed by atoms with E-state index >= 15 is 0 Å². The van der Waals surface area contributed by atoms with Crippen molar-refractivity contribution in [2.24, 2.45) is 4.99 Å². The van der Waals surface area contributed by atoms with Crippen molar-refractivity contribution in [1.82, 2.24) is 9.13 Å². The Morgan fingerprint density at radius 1 is 1.10 bits per heavy atom. The Bertz CT molecular complexity index is 1750. The summed E-state index contributed by atoms with van der Waals surface area (Å²) in [6.07, 6.45) is 2.50. The van der Waals surface area contributed by atoms with Crippen LogP contribution in [0.5, 0.6) is 0 Å². The molecule has 0 radical (unpaired) electrons. The third kappa shape index (κ3) is 4.72. The summed E-state index contributed by atoms with van der Waals surface area (Å²) in [6.45, 7) is 10.5.